The third-order valence-electron chi connectivity index (χ3n) is 5.20. The Labute approximate surface area is 169 Å². The first kappa shape index (κ1) is 26.2. The minimum absolute atomic E-state index is 0.0999. The van der Waals surface area contributed by atoms with Gasteiger partial charge in [-0.05, 0) is 52.2 Å². The molecule has 158 valence electrons. The first-order valence-corrected chi connectivity index (χ1v) is 11.8. The van der Waals surface area contributed by atoms with E-state index in [-0.39, 0.29) is 5.41 Å². The van der Waals surface area contributed by atoms with Gasteiger partial charge in [0.15, 0.2) is 0 Å². The summed E-state index contributed by atoms with van der Waals surface area (Å²) < 4.78 is 18.8. The van der Waals surface area contributed by atoms with Crippen molar-refractivity contribution in [3.63, 3.8) is 0 Å². The van der Waals surface area contributed by atoms with Crippen LogP contribution in [0.3, 0.4) is 0 Å². The molecule has 0 bridgehead atoms. The molecule has 0 aliphatic carbocycles. The Kier molecular flexibility index (Phi) is 16.4. The topological polar surface area (TPSA) is 27.7 Å². The molecule has 0 saturated heterocycles. The molecule has 0 rings (SSSR count). The van der Waals surface area contributed by atoms with Crippen molar-refractivity contribution in [2.45, 2.75) is 111 Å². The molecule has 0 aromatic rings. The van der Waals surface area contributed by atoms with E-state index >= 15 is 0 Å². The predicted octanol–water partition coefficient (Wildman–Crippen LogP) is 7.00. The van der Waals surface area contributed by atoms with Crippen LogP contribution in [0.2, 0.25) is 0 Å². The van der Waals surface area contributed by atoms with Crippen molar-refractivity contribution in [3.05, 3.63) is 0 Å². The van der Waals surface area contributed by atoms with Crippen molar-refractivity contribution in [1.82, 2.24) is 0 Å². The predicted molar refractivity (Wildman–Crippen MR) is 116 cm³/mol. The maximum absolute atomic E-state index is 6.25. The molecule has 0 aromatic carbocycles. The van der Waals surface area contributed by atoms with Crippen molar-refractivity contribution in [2.75, 3.05) is 25.6 Å². The molecule has 0 aromatic heterocycles. The molecule has 0 N–H and O–H groups in total. The summed E-state index contributed by atoms with van der Waals surface area (Å²) in [6.07, 6.45) is 13.2. The zero-order chi connectivity index (χ0) is 19.7. The molecule has 1 unspecified atom stereocenters. The Morgan fingerprint density at radius 1 is 0.577 bits per heavy atom. The number of unbranched alkanes of at least 4 members (excludes halogenated alkanes) is 5. The third kappa shape index (κ3) is 8.50. The second-order valence-corrected chi connectivity index (χ2v) is 7.68. The van der Waals surface area contributed by atoms with Gasteiger partial charge in [-0.1, -0.05) is 58.8 Å². The van der Waals surface area contributed by atoms with Crippen LogP contribution in [-0.2, 0) is 14.2 Å². The second-order valence-electron chi connectivity index (χ2n) is 7.23. The first-order valence-electron chi connectivity index (χ1n) is 11.1. The van der Waals surface area contributed by atoms with Crippen molar-refractivity contribution in [1.29, 1.82) is 0 Å². The van der Waals surface area contributed by atoms with E-state index in [1.54, 1.807) is 0 Å². The summed E-state index contributed by atoms with van der Waals surface area (Å²) in [4.78, 5) is 0. The largest absolute Gasteiger partial charge is 0.327 e. The molecular formula is C22H46O3S. The fourth-order valence-corrected chi connectivity index (χ4v) is 4.29. The lowest BCUT2D eigenvalue weighted by Crippen LogP contribution is -2.55. The van der Waals surface area contributed by atoms with E-state index < -0.39 is 5.97 Å². The summed E-state index contributed by atoms with van der Waals surface area (Å²) in [6.45, 7) is 12.4. The molecular weight excluding hydrogens is 344 g/mol. The van der Waals surface area contributed by atoms with Gasteiger partial charge in [0, 0.05) is 19.8 Å². The van der Waals surface area contributed by atoms with Gasteiger partial charge in [-0.15, -0.1) is 0 Å². The zero-order valence-electron chi connectivity index (χ0n) is 18.3. The van der Waals surface area contributed by atoms with Gasteiger partial charge in [-0.2, -0.15) is 12.6 Å². The van der Waals surface area contributed by atoms with Crippen molar-refractivity contribution in [2.24, 2.45) is 5.41 Å². The van der Waals surface area contributed by atoms with Gasteiger partial charge < -0.3 is 14.2 Å². The summed E-state index contributed by atoms with van der Waals surface area (Å²) in [5.41, 5.74) is -0.0999. The minimum atomic E-state index is -0.923. The van der Waals surface area contributed by atoms with E-state index in [2.05, 4.69) is 26.5 Å². The van der Waals surface area contributed by atoms with Gasteiger partial charge in [0.25, 0.3) is 5.97 Å². The minimum Gasteiger partial charge on any atom is -0.327 e. The first-order chi connectivity index (χ1) is 12.6. The lowest BCUT2D eigenvalue weighted by molar-refractivity contribution is -0.431. The summed E-state index contributed by atoms with van der Waals surface area (Å²) in [5, 5.41) is 0. The third-order valence-corrected chi connectivity index (χ3v) is 5.52. The number of thiol groups is 1. The SMILES string of the molecule is CCCCCCCCC(CCC)(CCCS)C(OCC)(OCC)OCC. The van der Waals surface area contributed by atoms with E-state index in [1.807, 2.05) is 20.8 Å². The maximum atomic E-state index is 6.25. The van der Waals surface area contributed by atoms with Gasteiger partial charge in [0.1, 0.15) is 0 Å². The fourth-order valence-electron chi connectivity index (χ4n) is 4.13. The maximum Gasteiger partial charge on any atom is 0.288 e. The van der Waals surface area contributed by atoms with E-state index in [4.69, 9.17) is 14.2 Å². The zero-order valence-corrected chi connectivity index (χ0v) is 19.2. The Bertz CT molecular complexity index is 295. The van der Waals surface area contributed by atoms with Gasteiger partial charge in [-0.25, -0.2) is 0 Å². The molecule has 0 amide bonds. The van der Waals surface area contributed by atoms with Crippen LogP contribution in [0, 0.1) is 5.41 Å². The van der Waals surface area contributed by atoms with Crippen molar-refractivity contribution < 1.29 is 14.2 Å². The van der Waals surface area contributed by atoms with Gasteiger partial charge in [0.05, 0.1) is 5.41 Å². The van der Waals surface area contributed by atoms with Crippen LogP contribution >= 0.6 is 12.6 Å². The average Bonchev–Trinajstić information content (AvgIpc) is 2.63. The van der Waals surface area contributed by atoms with E-state index in [0.717, 1.165) is 37.9 Å². The van der Waals surface area contributed by atoms with Crippen molar-refractivity contribution >= 4 is 12.6 Å². The van der Waals surface area contributed by atoms with E-state index in [9.17, 15) is 0 Å². The quantitative estimate of drug-likeness (QED) is 0.146. The molecule has 0 fully saturated rings. The monoisotopic (exact) mass is 390 g/mol. The van der Waals surface area contributed by atoms with E-state index in [1.165, 1.54) is 38.5 Å². The highest BCUT2D eigenvalue weighted by molar-refractivity contribution is 7.80. The smallest absolute Gasteiger partial charge is 0.288 e. The van der Waals surface area contributed by atoms with E-state index in [0.29, 0.717) is 19.8 Å². The molecule has 1 atom stereocenters. The van der Waals surface area contributed by atoms with Crippen LogP contribution in [0.15, 0.2) is 0 Å². The van der Waals surface area contributed by atoms with Crippen LogP contribution in [0.4, 0.5) is 0 Å². The number of hydrogen-bond acceptors (Lipinski definition) is 4. The molecule has 0 spiro atoms. The molecule has 26 heavy (non-hydrogen) atoms. The average molecular weight is 391 g/mol. The lowest BCUT2D eigenvalue weighted by Gasteiger charge is -2.49. The Hall–Kier alpha value is 0.230. The summed E-state index contributed by atoms with van der Waals surface area (Å²) in [6, 6.07) is 0. The summed E-state index contributed by atoms with van der Waals surface area (Å²) in [7, 11) is 0. The number of rotatable bonds is 19. The molecule has 3 nitrogen and oxygen atoms in total. The summed E-state index contributed by atoms with van der Waals surface area (Å²) >= 11 is 4.48. The molecule has 0 heterocycles. The van der Waals surface area contributed by atoms with Crippen LogP contribution in [0.5, 0.6) is 0 Å². The van der Waals surface area contributed by atoms with Crippen LogP contribution in [0.25, 0.3) is 0 Å². The highest BCUT2D eigenvalue weighted by Crippen LogP contribution is 2.49. The Balaban J connectivity index is 5.42. The molecule has 0 radical (unpaired) electrons. The number of hydrogen-bond donors (Lipinski definition) is 1. The van der Waals surface area contributed by atoms with Gasteiger partial charge >= 0.3 is 0 Å². The number of ether oxygens (including phenoxy) is 3. The molecule has 4 heteroatoms. The van der Waals surface area contributed by atoms with Crippen LogP contribution in [-0.4, -0.2) is 31.5 Å². The Morgan fingerprint density at radius 2 is 1.08 bits per heavy atom. The normalized spacial score (nSPS) is 14.5. The molecule has 0 saturated carbocycles. The second kappa shape index (κ2) is 16.2. The standard InChI is InChI=1S/C22H46O3S/c1-6-11-12-13-14-15-18-21(17-7-2,19-16-20-26)22(23-8-3,24-9-4)25-10-5/h26H,6-20H2,1-5H3. The summed E-state index contributed by atoms with van der Waals surface area (Å²) in [5.74, 6) is -0.0317. The highest BCUT2D eigenvalue weighted by atomic mass is 32.1. The van der Waals surface area contributed by atoms with Crippen molar-refractivity contribution in [3.8, 4) is 0 Å². The van der Waals surface area contributed by atoms with Crippen LogP contribution in [0.1, 0.15) is 105 Å². The van der Waals surface area contributed by atoms with Crippen LogP contribution < -0.4 is 0 Å². The van der Waals surface area contributed by atoms with Gasteiger partial charge in [-0.3, -0.25) is 0 Å². The fraction of sp³-hybridized carbons (Fsp3) is 1.00. The Morgan fingerprint density at radius 3 is 1.54 bits per heavy atom. The lowest BCUT2D eigenvalue weighted by atomic mass is 9.72. The van der Waals surface area contributed by atoms with Gasteiger partial charge in [0.2, 0.25) is 0 Å². The molecule has 0 aliphatic heterocycles. The molecule has 0 aliphatic rings. The highest BCUT2D eigenvalue weighted by Gasteiger charge is 2.53.